The highest BCUT2D eigenvalue weighted by atomic mass is 19.4. The van der Waals surface area contributed by atoms with Crippen LogP contribution in [0.2, 0.25) is 0 Å². The molecule has 0 saturated carbocycles. The number of alkyl halides is 3. The van der Waals surface area contributed by atoms with Crippen LogP contribution in [-0.2, 0) is 17.5 Å². The Bertz CT molecular complexity index is 1310. The van der Waals surface area contributed by atoms with Gasteiger partial charge in [0.15, 0.2) is 11.2 Å². The molecule has 2 heterocycles. The standard InChI is InChI=1S/C19H12F4N6O2/c20-12-3-7-14(8-4-12)29-17-16(26-27-29)18(31)28(10-24-17)9-15(30)25-13-5-1-11(2-6-13)19(21,22)23/h1-8,10H,9H2,(H,25,30). The highest BCUT2D eigenvalue weighted by Crippen LogP contribution is 2.29. The molecule has 0 aliphatic rings. The van der Waals surface area contributed by atoms with Crippen LogP contribution in [0.4, 0.5) is 23.2 Å². The number of hydrogen-bond acceptors (Lipinski definition) is 5. The molecule has 2 aromatic heterocycles. The molecular weight excluding hydrogens is 420 g/mol. The first-order valence-corrected chi connectivity index (χ1v) is 8.76. The van der Waals surface area contributed by atoms with Crippen LogP contribution in [-0.4, -0.2) is 30.5 Å². The molecule has 0 spiro atoms. The molecular formula is C19H12F4N6O2. The molecule has 0 atom stereocenters. The number of carbonyl (C=O) groups is 1. The molecule has 31 heavy (non-hydrogen) atoms. The van der Waals surface area contributed by atoms with E-state index in [9.17, 15) is 27.2 Å². The number of nitrogens with zero attached hydrogens (tertiary/aromatic N) is 5. The lowest BCUT2D eigenvalue weighted by molar-refractivity contribution is -0.137. The smallest absolute Gasteiger partial charge is 0.325 e. The molecule has 0 fully saturated rings. The summed E-state index contributed by atoms with van der Waals surface area (Å²) in [4.78, 5) is 28.9. The van der Waals surface area contributed by atoms with Gasteiger partial charge in [0.05, 0.1) is 11.3 Å². The molecule has 158 valence electrons. The molecule has 12 heteroatoms. The molecule has 0 aliphatic carbocycles. The second-order valence-corrected chi connectivity index (χ2v) is 6.45. The quantitative estimate of drug-likeness (QED) is 0.501. The van der Waals surface area contributed by atoms with Crippen LogP contribution in [0.25, 0.3) is 16.9 Å². The molecule has 4 rings (SSSR count). The van der Waals surface area contributed by atoms with Crippen LogP contribution in [0.3, 0.4) is 0 Å². The van der Waals surface area contributed by atoms with Gasteiger partial charge in [-0.1, -0.05) is 5.21 Å². The third kappa shape index (κ3) is 4.13. The summed E-state index contributed by atoms with van der Waals surface area (Å²) >= 11 is 0. The van der Waals surface area contributed by atoms with E-state index in [0.29, 0.717) is 5.69 Å². The molecule has 0 bridgehead atoms. The first-order chi connectivity index (χ1) is 14.7. The van der Waals surface area contributed by atoms with E-state index in [0.717, 1.165) is 35.2 Å². The van der Waals surface area contributed by atoms with Crippen molar-refractivity contribution < 1.29 is 22.4 Å². The van der Waals surface area contributed by atoms with Gasteiger partial charge in [0, 0.05) is 5.69 Å². The lowest BCUT2D eigenvalue weighted by Crippen LogP contribution is -2.28. The summed E-state index contributed by atoms with van der Waals surface area (Å²) in [6.07, 6.45) is -3.36. The Morgan fingerprint density at radius 1 is 1.03 bits per heavy atom. The van der Waals surface area contributed by atoms with Crippen LogP contribution in [0.15, 0.2) is 59.7 Å². The normalized spacial score (nSPS) is 11.6. The third-order valence-corrected chi connectivity index (χ3v) is 4.31. The van der Waals surface area contributed by atoms with E-state index in [2.05, 4.69) is 20.6 Å². The average molecular weight is 432 g/mol. The van der Waals surface area contributed by atoms with E-state index >= 15 is 0 Å². The van der Waals surface area contributed by atoms with Crippen molar-refractivity contribution in [2.24, 2.45) is 0 Å². The van der Waals surface area contributed by atoms with Gasteiger partial charge in [-0.2, -0.15) is 17.9 Å². The number of fused-ring (bicyclic) bond motifs is 1. The summed E-state index contributed by atoms with van der Waals surface area (Å²) in [5, 5.41) is 10.0. The van der Waals surface area contributed by atoms with Crippen LogP contribution in [0, 0.1) is 5.82 Å². The minimum Gasteiger partial charge on any atom is -0.325 e. The van der Waals surface area contributed by atoms with Gasteiger partial charge in [0.2, 0.25) is 5.91 Å². The molecule has 0 radical (unpaired) electrons. The first kappa shape index (κ1) is 20.2. The summed E-state index contributed by atoms with van der Waals surface area (Å²) in [5.41, 5.74) is -0.886. The second kappa shape index (κ2) is 7.63. The zero-order valence-corrected chi connectivity index (χ0v) is 15.5. The molecule has 4 aromatic rings. The summed E-state index contributed by atoms with van der Waals surface area (Å²) in [5.74, 6) is -1.09. The number of hydrogen-bond donors (Lipinski definition) is 1. The van der Waals surface area contributed by atoms with Gasteiger partial charge in [-0.3, -0.25) is 14.2 Å². The maximum Gasteiger partial charge on any atom is 0.416 e. The Hall–Kier alpha value is -4.09. The maximum absolute atomic E-state index is 13.1. The van der Waals surface area contributed by atoms with E-state index in [4.69, 9.17) is 0 Å². The Balaban J connectivity index is 1.53. The number of carbonyl (C=O) groups excluding carboxylic acids is 1. The van der Waals surface area contributed by atoms with Crippen molar-refractivity contribution in [2.45, 2.75) is 12.7 Å². The van der Waals surface area contributed by atoms with Crippen LogP contribution in [0.1, 0.15) is 5.56 Å². The number of aromatic nitrogens is 5. The Labute approximate surface area is 170 Å². The highest BCUT2D eigenvalue weighted by Gasteiger charge is 2.30. The topological polar surface area (TPSA) is 94.7 Å². The molecule has 1 N–H and O–H groups in total. The molecule has 2 aromatic carbocycles. The van der Waals surface area contributed by atoms with Crippen molar-refractivity contribution in [1.82, 2.24) is 24.5 Å². The minimum absolute atomic E-state index is 0.103. The summed E-state index contributed by atoms with van der Waals surface area (Å²) < 4.78 is 53.2. The van der Waals surface area contributed by atoms with E-state index in [1.807, 2.05) is 0 Å². The zero-order valence-electron chi connectivity index (χ0n) is 15.5. The van der Waals surface area contributed by atoms with Gasteiger partial charge >= 0.3 is 6.18 Å². The van der Waals surface area contributed by atoms with Gasteiger partial charge in [-0.25, -0.2) is 9.37 Å². The van der Waals surface area contributed by atoms with Crippen LogP contribution in [0.5, 0.6) is 0 Å². The van der Waals surface area contributed by atoms with Crippen LogP contribution >= 0.6 is 0 Å². The predicted octanol–water partition coefficient (Wildman–Crippen LogP) is 2.77. The largest absolute Gasteiger partial charge is 0.416 e. The van der Waals surface area contributed by atoms with Gasteiger partial charge in [-0.05, 0) is 48.5 Å². The fourth-order valence-electron chi connectivity index (χ4n) is 2.81. The minimum atomic E-state index is -4.48. The number of nitrogens with one attached hydrogen (secondary N) is 1. The Morgan fingerprint density at radius 2 is 1.71 bits per heavy atom. The number of rotatable bonds is 4. The monoisotopic (exact) mass is 432 g/mol. The Morgan fingerprint density at radius 3 is 2.35 bits per heavy atom. The zero-order chi connectivity index (χ0) is 22.2. The van der Waals surface area contributed by atoms with Gasteiger partial charge in [-0.15, -0.1) is 5.10 Å². The maximum atomic E-state index is 13.1. The molecule has 0 aliphatic heterocycles. The van der Waals surface area contributed by atoms with Gasteiger partial charge in [0.25, 0.3) is 5.56 Å². The summed E-state index contributed by atoms with van der Waals surface area (Å²) in [6, 6.07) is 9.21. The Kier molecular flexibility index (Phi) is 4.97. The third-order valence-electron chi connectivity index (χ3n) is 4.31. The van der Waals surface area contributed by atoms with Crippen molar-refractivity contribution in [2.75, 3.05) is 5.32 Å². The van der Waals surface area contributed by atoms with Crippen molar-refractivity contribution in [3.63, 3.8) is 0 Å². The van der Waals surface area contributed by atoms with Crippen molar-refractivity contribution in [1.29, 1.82) is 0 Å². The van der Waals surface area contributed by atoms with Gasteiger partial charge in [0.1, 0.15) is 18.7 Å². The number of halogens is 4. The predicted molar refractivity (Wildman–Crippen MR) is 101 cm³/mol. The van der Waals surface area contributed by atoms with E-state index in [-0.39, 0.29) is 16.9 Å². The average Bonchev–Trinajstić information content (AvgIpc) is 3.15. The molecule has 8 nitrogen and oxygen atoms in total. The lowest BCUT2D eigenvalue weighted by atomic mass is 10.2. The molecule has 0 saturated heterocycles. The van der Waals surface area contributed by atoms with E-state index in [1.54, 1.807) is 0 Å². The number of anilines is 1. The van der Waals surface area contributed by atoms with Crippen molar-refractivity contribution in [3.8, 4) is 5.69 Å². The summed E-state index contributed by atoms with van der Waals surface area (Å²) in [7, 11) is 0. The molecule has 0 unspecified atom stereocenters. The van der Waals surface area contributed by atoms with Crippen molar-refractivity contribution in [3.05, 3.63) is 76.6 Å². The van der Waals surface area contributed by atoms with Crippen molar-refractivity contribution >= 4 is 22.8 Å². The highest BCUT2D eigenvalue weighted by molar-refractivity contribution is 5.90. The second-order valence-electron chi connectivity index (χ2n) is 6.45. The van der Waals surface area contributed by atoms with E-state index in [1.165, 1.54) is 28.9 Å². The fraction of sp³-hybridized carbons (Fsp3) is 0.105. The molecule has 1 amide bonds. The van der Waals surface area contributed by atoms with Gasteiger partial charge < -0.3 is 5.32 Å². The summed E-state index contributed by atoms with van der Waals surface area (Å²) in [6.45, 7) is -0.438. The number of amides is 1. The first-order valence-electron chi connectivity index (χ1n) is 8.76. The lowest BCUT2D eigenvalue weighted by Gasteiger charge is -2.09. The number of benzene rings is 2. The fourth-order valence-corrected chi connectivity index (χ4v) is 2.81. The van der Waals surface area contributed by atoms with Crippen LogP contribution < -0.4 is 10.9 Å². The SMILES string of the molecule is O=C(Cn1cnc2c(nnn2-c2ccc(F)cc2)c1=O)Nc1ccc(C(F)(F)F)cc1. The van der Waals surface area contributed by atoms with E-state index < -0.39 is 35.6 Å².